The summed E-state index contributed by atoms with van der Waals surface area (Å²) in [7, 11) is -3.40. The summed E-state index contributed by atoms with van der Waals surface area (Å²) in [5.74, 6) is 0. The molecule has 2 aromatic rings. The number of anilines is 1. The zero-order chi connectivity index (χ0) is 16.3. The highest BCUT2D eigenvalue weighted by atomic mass is 32.2. The molecule has 2 N–H and O–H groups in total. The molecule has 1 aliphatic heterocycles. The minimum atomic E-state index is -3.40. The number of rotatable bonds is 4. The predicted molar refractivity (Wildman–Crippen MR) is 91.6 cm³/mol. The molecule has 23 heavy (non-hydrogen) atoms. The molecule has 3 rings (SSSR count). The summed E-state index contributed by atoms with van der Waals surface area (Å²) >= 11 is 1.48. The molecule has 1 aromatic heterocycles. The van der Waals surface area contributed by atoms with Crippen LogP contribution >= 0.6 is 11.3 Å². The number of thiazole rings is 1. The van der Waals surface area contributed by atoms with Gasteiger partial charge in [-0.15, -0.1) is 11.3 Å². The summed E-state index contributed by atoms with van der Waals surface area (Å²) in [6, 6.07) is 8.64. The van der Waals surface area contributed by atoms with Crippen LogP contribution in [-0.4, -0.2) is 48.8 Å². The number of nitrogens with two attached hydrogens (primary N) is 1. The Labute approximate surface area is 140 Å². The highest BCUT2D eigenvalue weighted by molar-refractivity contribution is 7.89. The van der Waals surface area contributed by atoms with Crippen LogP contribution in [0.15, 0.2) is 41.4 Å². The second-order valence-corrected chi connectivity index (χ2v) is 8.60. The molecule has 0 saturated carbocycles. The number of hydrogen-bond donors (Lipinski definition) is 1. The van der Waals surface area contributed by atoms with Gasteiger partial charge in [0.25, 0.3) is 0 Å². The van der Waals surface area contributed by atoms with E-state index in [4.69, 9.17) is 5.73 Å². The van der Waals surface area contributed by atoms with E-state index in [-0.39, 0.29) is 0 Å². The molecule has 2 heterocycles. The molecule has 0 amide bonds. The lowest BCUT2D eigenvalue weighted by Gasteiger charge is -2.21. The lowest BCUT2D eigenvalue weighted by molar-refractivity contribution is 0.281. The monoisotopic (exact) mass is 352 g/mol. The lowest BCUT2D eigenvalue weighted by atomic mass is 10.4. The molecule has 1 fully saturated rings. The normalized spacial score (nSPS) is 17.9. The largest absolute Gasteiger partial charge is 0.375 e. The molecule has 0 spiro atoms. The van der Waals surface area contributed by atoms with Crippen molar-refractivity contribution in [3.8, 4) is 0 Å². The Hall–Kier alpha value is -1.48. The van der Waals surface area contributed by atoms with Gasteiger partial charge < -0.3 is 5.73 Å². The van der Waals surface area contributed by atoms with Crippen molar-refractivity contribution >= 4 is 26.5 Å². The van der Waals surface area contributed by atoms with Crippen LogP contribution in [0.1, 0.15) is 11.3 Å². The molecule has 0 aliphatic carbocycles. The van der Waals surface area contributed by atoms with Gasteiger partial charge in [0, 0.05) is 37.3 Å². The molecular weight excluding hydrogens is 332 g/mol. The first-order chi connectivity index (χ1) is 11.1. The van der Waals surface area contributed by atoms with Gasteiger partial charge in [-0.3, -0.25) is 4.90 Å². The average molecular weight is 352 g/mol. The summed E-state index contributed by atoms with van der Waals surface area (Å²) in [5, 5.41) is 0.572. The van der Waals surface area contributed by atoms with Crippen LogP contribution in [0.2, 0.25) is 0 Å². The SMILES string of the molecule is Nc1ncc(CN2CCCN(S(=O)(=O)c3ccccc3)CC2)s1. The van der Waals surface area contributed by atoms with E-state index in [1.807, 2.05) is 6.07 Å². The first-order valence-corrected chi connectivity index (χ1v) is 9.79. The van der Waals surface area contributed by atoms with E-state index in [2.05, 4.69) is 9.88 Å². The summed E-state index contributed by atoms with van der Waals surface area (Å²) < 4.78 is 27.0. The summed E-state index contributed by atoms with van der Waals surface area (Å²) in [4.78, 5) is 7.80. The van der Waals surface area contributed by atoms with Crippen LogP contribution in [-0.2, 0) is 16.6 Å². The van der Waals surface area contributed by atoms with E-state index < -0.39 is 10.0 Å². The minimum Gasteiger partial charge on any atom is -0.375 e. The molecule has 0 unspecified atom stereocenters. The highest BCUT2D eigenvalue weighted by Gasteiger charge is 2.26. The molecule has 1 aromatic carbocycles. The fraction of sp³-hybridized carbons (Fsp3) is 0.400. The maximum atomic E-state index is 12.7. The number of sulfonamides is 1. The lowest BCUT2D eigenvalue weighted by Crippen LogP contribution is -2.35. The van der Waals surface area contributed by atoms with Gasteiger partial charge in [-0.25, -0.2) is 13.4 Å². The second-order valence-electron chi connectivity index (χ2n) is 5.51. The molecule has 0 bridgehead atoms. The highest BCUT2D eigenvalue weighted by Crippen LogP contribution is 2.20. The number of nitrogen functional groups attached to an aromatic ring is 1. The Morgan fingerprint density at radius 1 is 1.13 bits per heavy atom. The fourth-order valence-electron chi connectivity index (χ4n) is 2.70. The molecule has 6 nitrogen and oxygen atoms in total. The second kappa shape index (κ2) is 6.96. The third kappa shape index (κ3) is 3.89. The maximum Gasteiger partial charge on any atom is 0.243 e. The van der Waals surface area contributed by atoms with E-state index in [1.54, 1.807) is 34.8 Å². The quantitative estimate of drug-likeness (QED) is 0.904. The van der Waals surface area contributed by atoms with Crippen molar-refractivity contribution in [3.63, 3.8) is 0 Å². The molecule has 8 heteroatoms. The third-order valence-electron chi connectivity index (χ3n) is 3.88. The zero-order valence-electron chi connectivity index (χ0n) is 12.8. The van der Waals surface area contributed by atoms with Crippen LogP contribution in [0.4, 0.5) is 5.13 Å². The average Bonchev–Trinajstić information content (AvgIpc) is 2.81. The number of benzene rings is 1. The standard InChI is InChI=1S/C15H20N4O2S2/c16-15-17-11-13(22-15)12-18-7-4-8-19(10-9-18)23(20,21)14-5-2-1-3-6-14/h1-3,5-6,11H,4,7-10,12H2,(H2,16,17). The summed E-state index contributed by atoms with van der Waals surface area (Å²) in [5.41, 5.74) is 5.66. The topological polar surface area (TPSA) is 79.5 Å². The number of hydrogen-bond acceptors (Lipinski definition) is 6. The van der Waals surface area contributed by atoms with Crippen LogP contribution < -0.4 is 5.73 Å². The Kier molecular flexibility index (Phi) is 4.96. The smallest absolute Gasteiger partial charge is 0.243 e. The van der Waals surface area contributed by atoms with Gasteiger partial charge in [0.15, 0.2) is 5.13 Å². The maximum absolute atomic E-state index is 12.7. The Balaban J connectivity index is 1.66. The number of nitrogens with zero attached hydrogens (tertiary/aromatic N) is 3. The van der Waals surface area contributed by atoms with Gasteiger partial charge in [0.05, 0.1) is 4.90 Å². The molecular formula is C15H20N4O2S2. The summed E-state index contributed by atoms with van der Waals surface area (Å²) in [6.07, 6.45) is 2.61. The van der Waals surface area contributed by atoms with E-state index >= 15 is 0 Å². The van der Waals surface area contributed by atoms with E-state index in [9.17, 15) is 8.42 Å². The van der Waals surface area contributed by atoms with Gasteiger partial charge >= 0.3 is 0 Å². The Bertz CT molecular complexity index is 746. The fourth-order valence-corrected chi connectivity index (χ4v) is 4.92. The van der Waals surface area contributed by atoms with Gasteiger partial charge in [-0.1, -0.05) is 18.2 Å². The van der Waals surface area contributed by atoms with E-state index in [1.165, 1.54) is 11.3 Å². The number of aromatic nitrogens is 1. The van der Waals surface area contributed by atoms with E-state index in [0.29, 0.717) is 29.7 Å². The van der Waals surface area contributed by atoms with Crippen molar-refractivity contribution in [3.05, 3.63) is 41.4 Å². The molecule has 1 saturated heterocycles. The van der Waals surface area contributed by atoms with Gasteiger partial charge in [-0.2, -0.15) is 4.31 Å². The van der Waals surface area contributed by atoms with Crippen molar-refractivity contribution < 1.29 is 8.42 Å². The van der Waals surface area contributed by atoms with Crippen LogP contribution in [0.5, 0.6) is 0 Å². The first kappa shape index (κ1) is 16.4. The Morgan fingerprint density at radius 3 is 2.61 bits per heavy atom. The molecule has 124 valence electrons. The molecule has 0 atom stereocenters. The summed E-state index contributed by atoms with van der Waals surface area (Å²) in [6.45, 7) is 3.42. The van der Waals surface area contributed by atoms with E-state index in [0.717, 1.165) is 24.4 Å². The van der Waals surface area contributed by atoms with Gasteiger partial charge in [-0.05, 0) is 25.1 Å². The first-order valence-electron chi connectivity index (χ1n) is 7.53. The van der Waals surface area contributed by atoms with Crippen molar-refractivity contribution in [1.82, 2.24) is 14.2 Å². The zero-order valence-corrected chi connectivity index (χ0v) is 14.4. The minimum absolute atomic E-state index is 0.365. The van der Waals surface area contributed by atoms with Crippen LogP contribution in [0, 0.1) is 0 Å². The Morgan fingerprint density at radius 2 is 1.91 bits per heavy atom. The molecule has 1 aliphatic rings. The third-order valence-corrected chi connectivity index (χ3v) is 6.60. The predicted octanol–water partition coefficient (Wildman–Crippen LogP) is 1.62. The van der Waals surface area contributed by atoms with Gasteiger partial charge in [0.1, 0.15) is 0 Å². The molecule has 0 radical (unpaired) electrons. The van der Waals surface area contributed by atoms with Crippen molar-refractivity contribution in [2.24, 2.45) is 0 Å². The van der Waals surface area contributed by atoms with Crippen LogP contribution in [0.3, 0.4) is 0 Å². The van der Waals surface area contributed by atoms with Crippen molar-refractivity contribution in [2.75, 3.05) is 31.9 Å². The van der Waals surface area contributed by atoms with Gasteiger partial charge in [0.2, 0.25) is 10.0 Å². The van der Waals surface area contributed by atoms with Crippen molar-refractivity contribution in [1.29, 1.82) is 0 Å². The van der Waals surface area contributed by atoms with Crippen LogP contribution in [0.25, 0.3) is 0 Å². The van der Waals surface area contributed by atoms with Crippen molar-refractivity contribution in [2.45, 2.75) is 17.9 Å².